The van der Waals surface area contributed by atoms with E-state index in [4.69, 9.17) is 4.74 Å². The molecule has 0 aliphatic carbocycles. The fourth-order valence-electron chi connectivity index (χ4n) is 3.44. The van der Waals surface area contributed by atoms with Crippen LogP contribution < -0.4 is 4.74 Å². The summed E-state index contributed by atoms with van der Waals surface area (Å²) < 4.78 is 34.2. The number of hydrogen-bond acceptors (Lipinski definition) is 4. The van der Waals surface area contributed by atoms with Gasteiger partial charge in [-0.2, -0.15) is 4.31 Å². The number of halogens is 1. The Kier molecular flexibility index (Phi) is 7.51. The highest BCUT2D eigenvalue weighted by atomic mass is 35.5. The Hall–Kier alpha value is -1.60. The summed E-state index contributed by atoms with van der Waals surface area (Å²) in [6, 6.07) is 14.8. The molecule has 0 aromatic heterocycles. The molecule has 0 saturated carbocycles. The van der Waals surface area contributed by atoms with E-state index < -0.39 is 10.0 Å². The largest absolute Gasteiger partial charge is 0.491 e. The van der Waals surface area contributed by atoms with Crippen molar-refractivity contribution in [1.29, 1.82) is 0 Å². The number of aryl methyl sites for hydroxylation is 1. The van der Waals surface area contributed by atoms with Gasteiger partial charge in [0.15, 0.2) is 0 Å². The molecule has 0 N–H and O–H groups in total. The molecule has 1 heterocycles. The molecule has 0 bridgehead atoms. The van der Waals surface area contributed by atoms with Gasteiger partial charge in [-0.25, -0.2) is 8.42 Å². The molecule has 0 amide bonds. The summed E-state index contributed by atoms with van der Waals surface area (Å²) in [5.74, 6) is 0.724. The van der Waals surface area contributed by atoms with Crippen LogP contribution in [0.3, 0.4) is 0 Å². The van der Waals surface area contributed by atoms with E-state index in [0.29, 0.717) is 18.0 Å². The molecular weight excluding hydrogens is 396 g/mol. The smallest absolute Gasteiger partial charge is 0.243 e. The number of rotatable bonds is 5. The van der Waals surface area contributed by atoms with Crippen LogP contribution in [0.25, 0.3) is 0 Å². The lowest BCUT2D eigenvalue weighted by Crippen LogP contribution is -2.49. The zero-order valence-electron chi connectivity index (χ0n) is 16.8. The van der Waals surface area contributed by atoms with Crippen LogP contribution in [-0.4, -0.2) is 50.4 Å². The van der Waals surface area contributed by atoms with Crippen LogP contribution in [-0.2, 0) is 10.0 Å². The highest BCUT2D eigenvalue weighted by molar-refractivity contribution is 7.89. The molecule has 5 nitrogen and oxygen atoms in total. The molecule has 3 rings (SSSR count). The molecule has 154 valence electrons. The van der Waals surface area contributed by atoms with E-state index in [1.807, 2.05) is 58.2 Å². The van der Waals surface area contributed by atoms with E-state index in [2.05, 4.69) is 4.90 Å². The number of likely N-dealkylation sites (N-methyl/N-ethyl adjacent to an activating group) is 1. The lowest BCUT2D eigenvalue weighted by molar-refractivity contribution is 0.160. The van der Waals surface area contributed by atoms with Crippen molar-refractivity contribution in [3.63, 3.8) is 0 Å². The van der Waals surface area contributed by atoms with Crippen LogP contribution in [0.5, 0.6) is 5.75 Å². The van der Waals surface area contributed by atoms with Gasteiger partial charge in [-0.15, -0.1) is 12.4 Å². The van der Waals surface area contributed by atoms with Gasteiger partial charge in [0.2, 0.25) is 10.0 Å². The minimum absolute atomic E-state index is 0. The topological polar surface area (TPSA) is 49.9 Å². The van der Waals surface area contributed by atoms with Gasteiger partial charge < -0.3 is 9.64 Å². The summed E-state index contributed by atoms with van der Waals surface area (Å²) in [5, 5.41) is 0. The second-order valence-electron chi connectivity index (χ2n) is 7.40. The van der Waals surface area contributed by atoms with Crippen LogP contribution >= 0.6 is 12.4 Å². The Morgan fingerprint density at radius 3 is 2.36 bits per heavy atom. The van der Waals surface area contributed by atoms with Gasteiger partial charge in [-0.05, 0) is 57.1 Å². The Labute approximate surface area is 174 Å². The standard InChI is InChI=1S/C21H28N2O3S.ClH/c1-16(2)26-21-11-10-19(14-17(21)3)27(24,25)23-13-12-22(4)15-20(23)18-8-6-5-7-9-18;/h5-11,14,16,20H,12-13,15H2,1-4H3;1H. The summed E-state index contributed by atoms with van der Waals surface area (Å²) >= 11 is 0. The molecule has 1 atom stereocenters. The molecule has 2 aromatic carbocycles. The first-order valence-corrected chi connectivity index (χ1v) is 10.8. The van der Waals surface area contributed by atoms with Gasteiger partial charge in [0.1, 0.15) is 5.75 Å². The van der Waals surface area contributed by atoms with E-state index in [-0.39, 0.29) is 24.6 Å². The van der Waals surface area contributed by atoms with E-state index in [1.54, 1.807) is 22.5 Å². The fraction of sp³-hybridized carbons (Fsp3) is 0.429. The minimum atomic E-state index is -3.60. The maximum absolute atomic E-state index is 13.4. The summed E-state index contributed by atoms with van der Waals surface area (Å²) in [4.78, 5) is 2.50. The predicted octanol–water partition coefficient (Wildman–Crippen LogP) is 3.88. The monoisotopic (exact) mass is 424 g/mol. The minimum Gasteiger partial charge on any atom is -0.491 e. The first-order chi connectivity index (χ1) is 12.8. The molecule has 0 radical (unpaired) electrons. The van der Waals surface area contributed by atoms with Gasteiger partial charge in [0.25, 0.3) is 0 Å². The van der Waals surface area contributed by atoms with Crippen molar-refractivity contribution in [2.45, 2.75) is 37.8 Å². The maximum Gasteiger partial charge on any atom is 0.243 e. The molecule has 1 saturated heterocycles. The van der Waals surface area contributed by atoms with Crippen LogP contribution in [0.15, 0.2) is 53.4 Å². The van der Waals surface area contributed by atoms with Crippen molar-refractivity contribution in [3.05, 3.63) is 59.7 Å². The third kappa shape index (κ3) is 4.87. The number of piperazine rings is 1. The van der Waals surface area contributed by atoms with Crippen LogP contribution in [0.2, 0.25) is 0 Å². The van der Waals surface area contributed by atoms with Gasteiger partial charge in [-0.1, -0.05) is 30.3 Å². The molecule has 1 unspecified atom stereocenters. The number of sulfonamides is 1. The summed E-state index contributed by atoms with van der Waals surface area (Å²) in [7, 11) is -1.57. The van der Waals surface area contributed by atoms with Crippen molar-refractivity contribution in [1.82, 2.24) is 9.21 Å². The first-order valence-electron chi connectivity index (χ1n) is 9.31. The van der Waals surface area contributed by atoms with E-state index in [0.717, 1.165) is 23.4 Å². The second-order valence-corrected chi connectivity index (χ2v) is 9.29. The first kappa shape index (κ1) is 22.7. The quantitative estimate of drug-likeness (QED) is 0.730. The Morgan fingerprint density at radius 2 is 1.75 bits per heavy atom. The molecule has 1 aliphatic heterocycles. The summed E-state index contributed by atoms with van der Waals surface area (Å²) in [6.45, 7) is 7.67. The maximum atomic E-state index is 13.4. The summed E-state index contributed by atoms with van der Waals surface area (Å²) in [6.07, 6.45) is 0.0475. The van der Waals surface area contributed by atoms with Crippen molar-refractivity contribution >= 4 is 22.4 Å². The van der Waals surface area contributed by atoms with Crippen LogP contribution in [0.1, 0.15) is 31.0 Å². The van der Waals surface area contributed by atoms with E-state index >= 15 is 0 Å². The lowest BCUT2D eigenvalue weighted by Gasteiger charge is -2.39. The molecule has 0 spiro atoms. The van der Waals surface area contributed by atoms with Gasteiger partial charge >= 0.3 is 0 Å². The third-order valence-corrected chi connectivity index (χ3v) is 6.74. The molecule has 1 aliphatic rings. The number of benzene rings is 2. The van der Waals surface area contributed by atoms with Gasteiger partial charge in [-0.3, -0.25) is 0 Å². The van der Waals surface area contributed by atoms with Gasteiger partial charge in [0.05, 0.1) is 17.0 Å². The van der Waals surface area contributed by atoms with Crippen molar-refractivity contribution in [2.75, 3.05) is 26.7 Å². The second kappa shape index (κ2) is 9.27. The number of ether oxygens (including phenoxy) is 1. The fourth-order valence-corrected chi connectivity index (χ4v) is 5.12. The Morgan fingerprint density at radius 1 is 1.07 bits per heavy atom. The molecule has 28 heavy (non-hydrogen) atoms. The van der Waals surface area contributed by atoms with E-state index in [9.17, 15) is 8.42 Å². The third-order valence-electron chi connectivity index (χ3n) is 4.83. The SMILES string of the molecule is Cc1cc(S(=O)(=O)N2CCN(C)CC2c2ccccc2)ccc1OC(C)C.Cl. The molecule has 7 heteroatoms. The molecular formula is C21H29ClN2O3S. The highest BCUT2D eigenvalue weighted by Gasteiger charge is 2.36. The highest BCUT2D eigenvalue weighted by Crippen LogP contribution is 2.32. The average Bonchev–Trinajstić information content (AvgIpc) is 2.63. The van der Waals surface area contributed by atoms with Crippen molar-refractivity contribution < 1.29 is 13.2 Å². The average molecular weight is 425 g/mol. The van der Waals surface area contributed by atoms with E-state index in [1.165, 1.54) is 0 Å². The number of hydrogen-bond donors (Lipinski definition) is 0. The van der Waals surface area contributed by atoms with Crippen LogP contribution in [0.4, 0.5) is 0 Å². The van der Waals surface area contributed by atoms with Crippen molar-refractivity contribution in [2.24, 2.45) is 0 Å². The Bertz CT molecular complexity index is 888. The number of nitrogens with zero attached hydrogens (tertiary/aromatic N) is 2. The zero-order valence-corrected chi connectivity index (χ0v) is 18.5. The van der Waals surface area contributed by atoms with Crippen molar-refractivity contribution in [3.8, 4) is 5.75 Å². The van der Waals surface area contributed by atoms with Gasteiger partial charge in [0, 0.05) is 19.6 Å². The molecule has 1 fully saturated rings. The van der Waals surface area contributed by atoms with Crippen LogP contribution in [0, 0.1) is 6.92 Å². The predicted molar refractivity (Wildman–Crippen MR) is 115 cm³/mol. The normalized spacial score (nSPS) is 18.7. The summed E-state index contributed by atoms with van der Waals surface area (Å²) in [5.41, 5.74) is 1.85. The molecule has 2 aromatic rings. The Balaban J connectivity index is 0.00000280. The lowest BCUT2D eigenvalue weighted by atomic mass is 10.1. The zero-order chi connectivity index (χ0) is 19.6.